The molecule has 4 nitrogen and oxygen atoms in total. The Hall–Kier alpha value is -6.17. The Morgan fingerprint density at radius 3 is 2.00 bits per heavy atom. The van der Waals surface area contributed by atoms with Gasteiger partial charge in [0.25, 0.3) is 0 Å². The highest BCUT2D eigenvalue weighted by molar-refractivity contribution is 7.17. The van der Waals surface area contributed by atoms with E-state index in [2.05, 4.69) is 128 Å². The third-order valence-corrected chi connectivity index (χ3v) is 12.5. The number of benzene rings is 6. The molecule has 3 heterocycles. The number of hydrogen-bond donors (Lipinski definition) is 0. The van der Waals surface area contributed by atoms with Crippen molar-refractivity contribution in [2.45, 2.75) is 32.1 Å². The molecule has 2 aliphatic rings. The molecule has 5 heteroatoms. The fraction of sp³-hybridized carbons (Fsp3) is 0.104. The van der Waals surface area contributed by atoms with Crippen LogP contribution in [0.2, 0.25) is 0 Å². The number of rotatable bonds is 4. The molecule has 252 valence electrons. The van der Waals surface area contributed by atoms with Crippen molar-refractivity contribution in [3.05, 3.63) is 154 Å². The Labute approximate surface area is 311 Å². The summed E-state index contributed by atoms with van der Waals surface area (Å²) in [6.45, 7) is 4.72. The molecule has 11 rings (SSSR count). The Balaban J connectivity index is 1.28. The molecule has 0 spiro atoms. The van der Waals surface area contributed by atoms with E-state index < -0.39 is 0 Å². The zero-order valence-electron chi connectivity index (χ0n) is 29.5. The average Bonchev–Trinajstić information content (AvgIpc) is 3.84. The number of nitrogens with zero attached hydrogens (tertiary/aromatic N) is 4. The Bertz CT molecular complexity index is 3020. The van der Waals surface area contributed by atoms with E-state index in [1.165, 1.54) is 63.9 Å². The van der Waals surface area contributed by atoms with E-state index in [0.29, 0.717) is 17.5 Å². The van der Waals surface area contributed by atoms with E-state index in [-0.39, 0.29) is 5.41 Å². The zero-order valence-corrected chi connectivity index (χ0v) is 30.3. The first-order chi connectivity index (χ1) is 26.0. The molecule has 0 bridgehead atoms. The first kappa shape index (κ1) is 30.5. The Kier molecular flexibility index (Phi) is 6.56. The minimum atomic E-state index is -0.111. The summed E-state index contributed by atoms with van der Waals surface area (Å²) in [5, 5.41) is 5.07. The lowest BCUT2D eigenvalue weighted by atomic mass is 9.82. The van der Waals surface area contributed by atoms with Crippen LogP contribution >= 0.6 is 11.3 Å². The highest BCUT2D eigenvalue weighted by atomic mass is 32.1. The molecule has 0 fully saturated rings. The molecule has 2 aliphatic carbocycles. The second-order valence-corrected chi connectivity index (χ2v) is 15.7. The molecule has 0 aliphatic heterocycles. The van der Waals surface area contributed by atoms with E-state index in [9.17, 15) is 0 Å². The number of hydrogen-bond acceptors (Lipinski definition) is 4. The van der Waals surface area contributed by atoms with Crippen LogP contribution in [0.4, 0.5) is 0 Å². The Morgan fingerprint density at radius 2 is 1.23 bits per heavy atom. The van der Waals surface area contributed by atoms with Gasteiger partial charge in [-0.05, 0) is 52.9 Å². The second kappa shape index (κ2) is 11.4. The maximum Gasteiger partial charge on any atom is 0.165 e. The minimum absolute atomic E-state index is 0.111. The van der Waals surface area contributed by atoms with E-state index in [1.807, 2.05) is 47.7 Å². The summed E-state index contributed by atoms with van der Waals surface area (Å²) in [6.07, 6.45) is 6.91. The van der Waals surface area contributed by atoms with E-state index in [1.54, 1.807) is 0 Å². The van der Waals surface area contributed by atoms with E-state index in [0.717, 1.165) is 35.2 Å². The molecular weight excluding hydrogens is 665 g/mol. The molecule has 0 atom stereocenters. The largest absolute Gasteiger partial charge is 0.309 e. The van der Waals surface area contributed by atoms with Crippen molar-refractivity contribution in [1.82, 2.24) is 19.5 Å². The Morgan fingerprint density at radius 1 is 0.566 bits per heavy atom. The highest BCUT2D eigenvalue weighted by Crippen LogP contribution is 2.53. The molecular formula is C48H34N4S. The van der Waals surface area contributed by atoms with Crippen molar-refractivity contribution >= 4 is 55.4 Å². The summed E-state index contributed by atoms with van der Waals surface area (Å²) in [6, 6.07) is 47.8. The van der Waals surface area contributed by atoms with Crippen molar-refractivity contribution < 1.29 is 0 Å². The van der Waals surface area contributed by atoms with Gasteiger partial charge < -0.3 is 4.57 Å². The summed E-state index contributed by atoms with van der Waals surface area (Å²) in [5.74, 6) is 2.02. The first-order valence-corrected chi connectivity index (χ1v) is 19.2. The van der Waals surface area contributed by atoms with Gasteiger partial charge in [0.2, 0.25) is 0 Å². The van der Waals surface area contributed by atoms with Gasteiger partial charge in [-0.25, -0.2) is 15.0 Å². The molecule has 0 unspecified atom stereocenters. The molecule has 0 amide bonds. The van der Waals surface area contributed by atoms with Crippen LogP contribution < -0.4 is 9.75 Å². The van der Waals surface area contributed by atoms with Crippen LogP contribution in [0.25, 0.3) is 95.0 Å². The third-order valence-electron chi connectivity index (χ3n) is 11.3. The lowest BCUT2D eigenvalue weighted by Gasteiger charge is -2.21. The molecule has 3 aromatic heterocycles. The monoisotopic (exact) mass is 698 g/mol. The minimum Gasteiger partial charge on any atom is -0.309 e. The fourth-order valence-corrected chi connectivity index (χ4v) is 10.0. The van der Waals surface area contributed by atoms with Gasteiger partial charge in [-0.15, -0.1) is 11.3 Å². The molecule has 0 saturated carbocycles. The molecule has 0 radical (unpaired) electrons. The predicted molar refractivity (Wildman–Crippen MR) is 221 cm³/mol. The SMILES string of the molecule is CC1(C)c2ccccc2-c2c1ccc1c3ccccc3n(-c3cc(-c4nc(-c5ccccc5)nc(-c5ccccc5)n4)c4sc5c(c4c3)=CCCC=5)c21. The molecule has 53 heavy (non-hydrogen) atoms. The summed E-state index contributed by atoms with van der Waals surface area (Å²) < 4.78 is 5.04. The summed E-state index contributed by atoms with van der Waals surface area (Å²) >= 11 is 1.85. The average molecular weight is 699 g/mol. The van der Waals surface area contributed by atoms with Crippen LogP contribution in [0.15, 0.2) is 133 Å². The van der Waals surface area contributed by atoms with Crippen LogP contribution in [0.5, 0.6) is 0 Å². The predicted octanol–water partition coefficient (Wildman–Crippen LogP) is 10.8. The van der Waals surface area contributed by atoms with Crippen molar-refractivity contribution in [1.29, 1.82) is 0 Å². The number of thiophene rings is 1. The smallest absolute Gasteiger partial charge is 0.165 e. The molecule has 0 N–H and O–H groups in total. The lowest BCUT2D eigenvalue weighted by Crippen LogP contribution is -2.20. The lowest BCUT2D eigenvalue weighted by molar-refractivity contribution is 0.661. The second-order valence-electron chi connectivity index (χ2n) is 14.7. The fourth-order valence-electron chi connectivity index (χ4n) is 8.76. The van der Waals surface area contributed by atoms with Gasteiger partial charge >= 0.3 is 0 Å². The van der Waals surface area contributed by atoms with Gasteiger partial charge in [-0.2, -0.15) is 0 Å². The normalized spacial score (nSPS) is 14.2. The number of para-hydroxylation sites is 1. The van der Waals surface area contributed by atoms with Crippen LogP contribution in [0.1, 0.15) is 37.8 Å². The maximum absolute atomic E-state index is 5.26. The molecule has 9 aromatic rings. The van der Waals surface area contributed by atoms with Crippen molar-refractivity contribution in [3.8, 4) is 51.0 Å². The quantitative estimate of drug-likeness (QED) is 0.184. The third kappa shape index (κ3) is 4.50. The summed E-state index contributed by atoms with van der Waals surface area (Å²) in [5.41, 5.74) is 11.8. The zero-order chi connectivity index (χ0) is 35.3. The van der Waals surface area contributed by atoms with Crippen LogP contribution in [-0.2, 0) is 5.41 Å². The summed E-state index contributed by atoms with van der Waals surface area (Å²) in [4.78, 5) is 15.6. The van der Waals surface area contributed by atoms with Crippen molar-refractivity contribution in [2.75, 3.05) is 0 Å². The first-order valence-electron chi connectivity index (χ1n) is 18.4. The van der Waals surface area contributed by atoms with Gasteiger partial charge in [0, 0.05) is 58.7 Å². The van der Waals surface area contributed by atoms with E-state index in [4.69, 9.17) is 15.0 Å². The summed E-state index contributed by atoms with van der Waals surface area (Å²) in [7, 11) is 0. The van der Waals surface area contributed by atoms with Gasteiger partial charge in [0.15, 0.2) is 17.5 Å². The number of aromatic nitrogens is 4. The van der Waals surface area contributed by atoms with Gasteiger partial charge in [-0.3, -0.25) is 0 Å². The standard InChI is InChI=1S/C48H34N4S/c1-48(2)38-22-12-9-21-35(38)42-39(48)26-25-34-32-19-10-13-23-40(32)52(43(34)42)31-27-36-33-20-11-14-24-41(33)53-44(36)37(28-31)47-50-45(29-15-5-3-6-16-29)49-46(51-47)30-17-7-4-8-18-30/h3-10,12-13,15-28H,11,14H2,1-2H3. The van der Waals surface area contributed by atoms with Crippen LogP contribution in [-0.4, -0.2) is 19.5 Å². The van der Waals surface area contributed by atoms with Gasteiger partial charge in [0.05, 0.1) is 11.0 Å². The molecule has 0 saturated heterocycles. The van der Waals surface area contributed by atoms with Crippen LogP contribution in [0, 0.1) is 0 Å². The molecule has 6 aromatic carbocycles. The maximum atomic E-state index is 5.26. The van der Waals surface area contributed by atoms with E-state index >= 15 is 0 Å². The highest BCUT2D eigenvalue weighted by Gasteiger charge is 2.37. The van der Waals surface area contributed by atoms with Gasteiger partial charge in [-0.1, -0.05) is 141 Å². The van der Waals surface area contributed by atoms with Crippen LogP contribution in [0.3, 0.4) is 0 Å². The number of fused-ring (bicyclic) bond motifs is 10. The van der Waals surface area contributed by atoms with Gasteiger partial charge in [0.1, 0.15) is 0 Å². The topological polar surface area (TPSA) is 43.6 Å². The van der Waals surface area contributed by atoms with Crippen molar-refractivity contribution in [2.24, 2.45) is 0 Å². The van der Waals surface area contributed by atoms with Crippen molar-refractivity contribution in [3.63, 3.8) is 0 Å².